The maximum atomic E-state index is 5.92. The molecule has 20 heavy (non-hydrogen) atoms. The van der Waals surface area contributed by atoms with E-state index in [0.29, 0.717) is 24.5 Å². The molecule has 2 rings (SSSR count). The zero-order valence-corrected chi connectivity index (χ0v) is 13.0. The molecule has 2 unspecified atom stereocenters. The van der Waals surface area contributed by atoms with Crippen LogP contribution in [0, 0.1) is 5.92 Å². The van der Waals surface area contributed by atoms with Gasteiger partial charge >= 0.3 is 6.01 Å². The van der Waals surface area contributed by atoms with Crippen LogP contribution in [0.2, 0.25) is 5.28 Å². The second kappa shape index (κ2) is 7.04. The lowest BCUT2D eigenvalue weighted by Gasteiger charge is -2.35. The first-order valence-corrected chi connectivity index (χ1v) is 7.45. The number of hydrogen-bond donors (Lipinski definition) is 1. The Labute approximate surface area is 124 Å². The molecule has 0 saturated carbocycles. The molecule has 0 radical (unpaired) electrons. The number of piperidine rings is 1. The number of likely N-dealkylation sites (tertiary alicyclic amines) is 1. The van der Waals surface area contributed by atoms with Crippen LogP contribution in [0.3, 0.4) is 0 Å². The molecular weight excluding hydrogens is 278 g/mol. The molecule has 0 spiro atoms. The van der Waals surface area contributed by atoms with Crippen LogP contribution in [0.4, 0.5) is 5.95 Å². The summed E-state index contributed by atoms with van der Waals surface area (Å²) in [6.07, 6.45) is 1.96. The van der Waals surface area contributed by atoms with Crippen LogP contribution in [-0.4, -0.2) is 52.6 Å². The smallest absolute Gasteiger partial charge is 0.322 e. The van der Waals surface area contributed by atoms with E-state index in [1.807, 2.05) is 6.92 Å². The van der Waals surface area contributed by atoms with E-state index >= 15 is 0 Å². The van der Waals surface area contributed by atoms with Crippen molar-refractivity contribution in [1.82, 2.24) is 19.9 Å². The Hall–Kier alpha value is -1.14. The zero-order valence-electron chi connectivity index (χ0n) is 12.3. The Morgan fingerprint density at radius 3 is 2.90 bits per heavy atom. The number of hydrogen-bond acceptors (Lipinski definition) is 6. The highest BCUT2D eigenvalue weighted by molar-refractivity contribution is 6.28. The molecule has 2 atom stereocenters. The third-order valence-corrected chi connectivity index (χ3v) is 3.61. The minimum absolute atomic E-state index is 0.161. The monoisotopic (exact) mass is 299 g/mol. The van der Waals surface area contributed by atoms with Crippen molar-refractivity contribution in [2.75, 3.05) is 32.1 Å². The van der Waals surface area contributed by atoms with Crippen molar-refractivity contribution in [3.63, 3.8) is 0 Å². The number of anilines is 1. The molecule has 1 aromatic heterocycles. The molecule has 0 aromatic carbocycles. The Bertz CT molecular complexity index is 445. The highest BCUT2D eigenvalue weighted by Crippen LogP contribution is 2.20. The Kier molecular flexibility index (Phi) is 5.37. The van der Waals surface area contributed by atoms with E-state index in [9.17, 15) is 0 Å². The van der Waals surface area contributed by atoms with Gasteiger partial charge in [0, 0.05) is 12.6 Å². The highest BCUT2D eigenvalue weighted by Gasteiger charge is 2.25. The highest BCUT2D eigenvalue weighted by atomic mass is 35.5. The van der Waals surface area contributed by atoms with Crippen molar-refractivity contribution in [2.24, 2.45) is 5.92 Å². The van der Waals surface area contributed by atoms with E-state index < -0.39 is 0 Å². The molecule has 0 bridgehead atoms. The first kappa shape index (κ1) is 15.3. The normalized spacial score (nSPS) is 23.6. The third-order valence-electron chi connectivity index (χ3n) is 3.45. The van der Waals surface area contributed by atoms with Gasteiger partial charge in [0.15, 0.2) is 0 Å². The van der Waals surface area contributed by atoms with Gasteiger partial charge in [-0.1, -0.05) is 13.8 Å². The van der Waals surface area contributed by atoms with Gasteiger partial charge in [-0.3, -0.25) is 0 Å². The van der Waals surface area contributed by atoms with Crippen LogP contribution in [0.1, 0.15) is 26.7 Å². The lowest BCUT2D eigenvalue weighted by Crippen LogP contribution is -2.43. The summed E-state index contributed by atoms with van der Waals surface area (Å²) in [6.45, 7) is 6.97. The molecule has 7 heteroatoms. The SMILES string of the molecule is CCCOc1nc(Cl)nc(NC2CCN(C)CC2C)n1. The van der Waals surface area contributed by atoms with Gasteiger partial charge in [-0.05, 0) is 44.0 Å². The molecule has 1 aromatic rings. The molecule has 1 saturated heterocycles. The second-order valence-electron chi connectivity index (χ2n) is 5.34. The largest absolute Gasteiger partial charge is 0.463 e. The number of aromatic nitrogens is 3. The lowest BCUT2D eigenvalue weighted by molar-refractivity contribution is 0.205. The van der Waals surface area contributed by atoms with Crippen LogP contribution in [-0.2, 0) is 0 Å². The molecule has 112 valence electrons. The first-order valence-electron chi connectivity index (χ1n) is 7.08. The lowest BCUT2D eigenvalue weighted by atomic mass is 9.94. The number of halogens is 1. The van der Waals surface area contributed by atoms with Crippen molar-refractivity contribution in [3.05, 3.63) is 5.28 Å². The maximum absolute atomic E-state index is 5.92. The summed E-state index contributed by atoms with van der Waals surface area (Å²) in [7, 11) is 2.14. The van der Waals surface area contributed by atoms with E-state index in [1.165, 1.54) is 0 Å². The average Bonchev–Trinajstić information content (AvgIpc) is 2.39. The molecule has 0 amide bonds. The number of nitrogens with zero attached hydrogens (tertiary/aromatic N) is 4. The summed E-state index contributed by atoms with van der Waals surface area (Å²) >= 11 is 5.92. The van der Waals surface area contributed by atoms with Crippen LogP contribution in [0.5, 0.6) is 6.01 Å². The maximum Gasteiger partial charge on any atom is 0.322 e. The summed E-state index contributed by atoms with van der Waals surface area (Å²) in [6, 6.07) is 0.638. The molecule has 1 aliphatic heterocycles. The van der Waals surface area contributed by atoms with Crippen LogP contribution < -0.4 is 10.1 Å². The van der Waals surface area contributed by atoms with Gasteiger partial charge in [0.05, 0.1) is 6.61 Å². The summed E-state index contributed by atoms with van der Waals surface area (Å²) in [5.74, 6) is 1.03. The third kappa shape index (κ3) is 4.18. The van der Waals surface area contributed by atoms with Gasteiger partial charge in [0.1, 0.15) is 0 Å². The second-order valence-corrected chi connectivity index (χ2v) is 5.68. The Balaban J connectivity index is 2.03. The number of ether oxygens (including phenoxy) is 1. The predicted octanol–water partition coefficient (Wildman–Crippen LogP) is 2.07. The van der Waals surface area contributed by atoms with E-state index in [1.54, 1.807) is 0 Å². The van der Waals surface area contributed by atoms with Gasteiger partial charge in [-0.2, -0.15) is 15.0 Å². The van der Waals surface area contributed by atoms with Crippen molar-refractivity contribution in [1.29, 1.82) is 0 Å². The first-order chi connectivity index (χ1) is 9.58. The molecule has 0 aliphatic carbocycles. The van der Waals surface area contributed by atoms with Gasteiger partial charge in [0.25, 0.3) is 0 Å². The minimum Gasteiger partial charge on any atom is -0.463 e. The fourth-order valence-corrected chi connectivity index (χ4v) is 2.54. The standard InChI is InChI=1S/C13H22ClN5O/c1-4-7-20-13-17-11(14)16-12(18-13)15-10-5-6-19(3)8-9(10)2/h9-10H,4-8H2,1-3H3,(H,15,16,17,18). The molecule has 1 aliphatic rings. The van der Waals surface area contributed by atoms with Crippen LogP contribution in [0.15, 0.2) is 0 Å². The van der Waals surface area contributed by atoms with Gasteiger partial charge in [0.2, 0.25) is 11.2 Å². The van der Waals surface area contributed by atoms with E-state index in [-0.39, 0.29) is 11.3 Å². The van der Waals surface area contributed by atoms with E-state index in [4.69, 9.17) is 16.3 Å². The molecule has 1 N–H and O–H groups in total. The van der Waals surface area contributed by atoms with Crippen molar-refractivity contribution in [2.45, 2.75) is 32.7 Å². The Morgan fingerprint density at radius 2 is 2.20 bits per heavy atom. The topological polar surface area (TPSA) is 63.2 Å². The van der Waals surface area contributed by atoms with Gasteiger partial charge in [-0.25, -0.2) is 0 Å². The average molecular weight is 300 g/mol. The molecule has 1 fully saturated rings. The molecule has 6 nitrogen and oxygen atoms in total. The fourth-order valence-electron chi connectivity index (χ4n) is 2.39. The zero-order chi connectivity index (χ0) is 14.5. The summed E-state index contributed by atoms with van der Waals surface area (Å²) in [4.78, 5) is 14.7. The van der Waals surface area contributed by atoms with E-state index in [0.717, 1.165) is 25.9 Å². The van der Waals surface area contributed by atoms with Crippen molar-refractivity contribution in [3.8, 4) is 6.01 Å². The molecule has 2 heterocycles. The van der Waals surface area contributed by atoms with Gasteiger partial charge < -0.3 is 15.0 Å². The summed E-state index contributed by atoms with van der Waals surface area (Å²) < 4.78 is 5.41. The van der Waals surface area contributed by atoms with Crippen LogP contribution >= 0.6 is 11.6 Å². The van der Waals surface area contributed by atoms with Crippen LogP contribution in [0.25, 0.3) is 0 Å². The predicted molar refractivity (Wildman–Crippen MR) is 79.3 cm³/mol. The number of rotatable bonds is 5. The van der Waals surface area contributed by atoms with Crippen molar-refractivity contribution < 1.29 is 4.74 Å². The summed E-state index contributed by atoms with van der Waals surface area (Å²) in [5.41, 5.74) is 0. The molecular formula is C13H22ClN5O. The summed E-state index contributed by atoms with van der Waals surface area (Å²) in [5, 5.41) is 3.52. The number of nitrogens with one attached hydrogen (secondary N) is 1. The van der Waals surface area contributed by atoms with Crippen molar-refractivity contribution >= 4 is 17.5 Å². The quantitative estimate of drug-likeness (QED) is 0.898. The Morgan fingerprint density at radius 1 is 1.40 bits per heavy atom. The van der Waals surface area contributed by atoms with E-state index in [2.05, 4.69) is 39.1 Å². The fraction of sp³-hybridized carbons (Fsp3) is 0.769. The van der Waals surface area contributed by atoms with Gasteiger partial charge in [-0.15, -0.1) is 0 Å². The minimum atomic E-state index is 0.161.